The van der Waals surface area contributed by atoms with Crippen molar-refractivity contribution in [1.29, 1.82) is 0 Å². The van der Waals surface area contributed by atoms with Crippen LogP contribution in [0.2, 0.25) is 0 Å². The largest absolute Gasteiger partial charge is 0.480 e. The van der Waals surface area contributed by atoms with E-state index in [4.69, 9.17) is 5.73 Å². The molecule has 5 amide bonds. The summed E-state index contributed by atoms with van der Waals surface area (Å²) in [6, 6.07) is 10.3. The summed E-state index contributed by atoms with van der Waals surface area (Å²) >= 11 is 0. The second-order valence-corrected chi connectivity index (χ2v) is 13.6. The molecule has 282 valence electrons. The monoisotopic (exact) mass is 736 g/mol. The number of carbonyl (C=O) groups is 6. The zero-order chi connectivity index (χ0) is 39.0. The van der Waals surface area contributed by atoms with Crippen LogP contribution in [-0.4, -0.2) is 98.4 Å². The van der Waals surface area contributed by atoms with Crippen molar-refractivity contribution in [2.24, 2.45) is 11.1 Å². The summed E-state index contributed by atoms with van der Waals surface area (Å²) in [7, 11) is 0. The number of carboxylic acid groups (broad SMARTS) is 1. The van der Waals surface area contributed by atoms with Crippen LogP contribution in [0.15, 0.2) is 72.9 Å². The number of nitrogens with two attached hydrogens (primary N) is 1. The number of aromatic nitrogens is 1. The van der Waals surface area contributed by atoms with Gasteiger partial charge in [-0.2, -0.15) is 0 Å². The van der Waals surface area contributed by atoms with E-state index in [1.165, 1.54) is 4.90 Å². The molecule has 0 spiro atoms. The molecule has 53 heavy (non-hydrogen) atoms. The number of carbonyl (C=O) groups excluding carboxylic acids is 5. The van der Waals surface area contributed by atoms with Crippen LogP contribution in [0.25, 0.3) is 11.1 Å². The summed E-state index contributed by atoms with van der Waals surface area (Å²) in [4.78, 5) is 76.2. The molecule has 4 rings (SSSR count). The summed E-state index contributed by atoms with van der Waals surface area (Å²) in [6.45, 7) is 3.51. The first-order valence-corrected chi connectivity index (χ1v) is 16.7. The smallest absolute Gasteiger partial charge is 0.328 e. The van der Waals surface area contributed by atoms with Crippen molar-refractivity contribution in [3.8, 4) is 11.1 Å². The molecule has 0 saturated carbocycles. The number of carboxylic acids is 1. The number of halogens is 2. The van der Waals surface area contributed by atoms with Crippen LogP contribution in [-0.2, 0) is 35.3 Å². The number of aliphatic hydroxyl groups is 1. The topological polar surface area (TPSA) is 204 Å². The lowest BCUT2D eigenvalue weighted by atomic mass is 9.82. The van der Waals surface area contributed by atoms with Crippen molar-refractivity contribution >= 4 is 35.5 Å². The molecule has 1 aromatic heterocycles. The van der Waals surface area contributed by atoms with Gasteiger partial charge in [0.15, 0.2) is 0 Å². The fourth-order valence-corrected chi connectivity index (χ4v) is 5.99. The molecule has 0 fully saturated rings. The Morgan fingerprint density at radius 2 is 1.64 bits per heavy atom. The maximum Gasteiger partial charge on any atom is 0.328 e. The lowest BCUT2D eigenvalue weighted by Crippen LogP contribution is -2.54. The Hall–Kier alpha value is -5.74. The number of imide groups is 1. The minimum Gasteiger partial charge on any atom is -0.480 e. The number of benzene rings is 2. The molecule has 3 aromatic rings. The molecule has 6 N–H and O–H groups in total. The van der Waals surface area contributed by atoms with Crippen LogP contribution in [0.3, 0.4) is 0 Å². The van der Waals surface area contributed by atoms with Gasteiger partial charge in [0.05, 0.1) is 12.1 Å². The molecular weight excluding hydrogens is 694 g/mol. The molecule has 0 bridgehead atoms. The first kappa shape index (κ1) is 40.0. The van der Waals surface area contributed by atoms with Gasteiger partial charge in [-0.25, -0.2) is 13.6 Å². The van der Waals surface area contributed by atoms with E-state index in [0.29, 0.717) is 16.2 Å². The van der Waals surface area contributed by atoms with E-state index in [1.54, 1.807) is 12.3 Å². The molecule has 2 aromatic carbocycles. The van der Waals surface area contributed by atoms with Gasteiger partial charge >= 0.3 is 5.97 Å². The number of hydrogen-bond donors (Lipinski definition) is 5. The van der Waals surface area contributed by atoms with Crippen molar-refractivity contribution in [2.75, 3.05) is 26.2 Å². The minimum absolute atomic E-state index is 0.00338. The number of aliphatic carboxylic acids is 1. The summed E-state index contributed by atoms with van der Waals surface area (Å²) in [5.41, 5.74) is 7.18. The fraction of sp³-hybridized carbons (Fsp3) is 0.351. The Labute approximate surface area is 304 Å². The molecule has 0 aliphatic carbocycles. The van der Waals surface area contributed by atoms with Crippen molar-refractivity contribution in [3.63, 3.8) is 0 Å². The standard InChI is InChI=1S/C37H42F2N6O8/c1-37(2,3)34(29-15-23(25-16-24(38)9-10-26(25)39)19-43(29)18-22-7-5-4-6-8-22)44(33(50)21-46)14-13-27(40)35(51)42-28(36(52)53)17-41-30(47)20-45-31(48)11-12-32(45)49/h4-12,15-16,19,27-28,34,46H,13-14,17-18,20-21,40H2,1-3H3,(H,41,47)(H,42,51)(H,52,53)/t27-,28?,34-/m0/s1. The number of amides is 5. The summed E-state index contributed by atoms with van der Waals surface area (Å²) in [6.07, 6.45) is 3.44. The number of nitrogens with zero attached hydrogens (tertiary/aromatic N) is 3. The highest BCUT2D eigenvalue weighted by atomic mass is 19.1. The predicted octanol–water partition coefficient (Wildman–Crippen LogP) is 1.72. The fourth-order valence-electron chi connectivity index (χ4n) is 5.99. The van der Waals surface area contributed by atoms with Gasteiger partial charge in [0.1, 0.15) is 30.8 Å². The quantitative estimate of drug-likeness (QED) is 0.136. The van der Waals surface area contributed by atoms with E-state index in [-0.39, 0.29) is 25.1 Å². The molecule has 3 atom stereocenters. The van der Waals surface area contributed by atoms with Crippen molar-refractivity contribution in [2.45, 2.75) is 51.9 Å². The van der Waals surface area contributed by atoms with Crippen LogP contribution in [0, 0.1) is 17.0 Å². The molecule has 0 saturated heterocycles. The maximum absolute atomic E-state index is 15.0. The summed E-state index contributed by atoms with van der Waals surface area (Å²) in [5.74, 6) is -6.67. The van der Waals surface area contributed by atoms with Gasteiger partial charge in [0.25, 0.3) is 11.8 Å². The van der Waals surface area contributed by atoms with Crippen LogP contribution in [0.5, 0.6) is 0 Å². The third-order valence-corrected chi connectivity index (χ3v) is 8.57. The first-order valence-electron chi connectivity index (χ1n) is 16.7. The minimum atomic E-state index is -1.64. The lowest BCUT2D eigenvalue weighted by Gasteiger charge is -2.41. The number of rotatable bonds is 16. The lowest BCUT2D eigenvalue weighted by molar-refractivity contribution is -0.143. The second kappa shape index (κ2) is 17.2. The highest BCUT2D eigenvalue weighted by Gasteiger charge is 2.38. The molecule has 1 unspecified atom stereocenters. The Morgan fingerprint density at radius 3 is 2.25 bits per heavy atom. The maximum atomic E-state index is 15.0. The number of nitrogens with one attached hydrogen (secondary N) is 2. The second-order valence-electron chi connectivity index (χ2n) is 13.6. The normalized spacial score (nSPS) is 14.5. The Morgan fingerprint density at radius 1 is 0.981 bits per heavy atom. The van der Waals surface area contributed by atoms with E-state index in [1.807, 2.05) is 55.7 Å². The van der Waals surface area contributed by atoms with Gasteiger partial charge in [0.2, 0.25) is 17.7 Å². The molecule has 2 heterocycles. The zero-order valence-electron chi connectivity index (χ0n) is 29.4. The molecule has 16 heteroatoms. The number of aliphatic hydroxyl groups excluding tert-OH is 1. The van der Waals surface area contributed by atoms with E-state index in [0.717, 1.165) is 35.9 Å². The summed E-state index contributed by atoms with van der Waals surface area (Å²) in [5, 5.41) is 24.2. The molecular formula is C37H42F2N6O8. The third-order valence-electron chi connectivity index (χ3n) is 8.57. The van der Waals surface area contributed by atoms with Gasteiger partial charge < -0.3 is 36.0 Å². The van der Waals surface area contributed by atoms with E-state index in [2.05, 4.69) is 10.6 Å². The van der Waals surface area contributed by atoms with Gasteiger partial charge in [-0.3, -0.25) is 28.9 Å². The number of hydrogen-bond acceptors (Lipinski definition) is 8. The van der Waals surface area contributed by atoms with Crippen LogP contribution >= 0.6 is 0 Å². The van der Waals surface area contributed by atoms with Gasteiger partial charge in [-0.1, -0.05) is 51.1 Å². The van der Waals surface area contributed by atoms with E-state index < -0.39 is 90.4 Å². The summed E-state index contributed by atoms with van der Waals surface area (Å²) < 4.78 is 31.1. The first-order chi connectivity index (χ1) is 25.0. The average Bonchev–Trinajstić information content (AvgIpc) is 3.65. The zero-order valence-corrected chi connectivity index (χ0v) is 29.4. The highest BCUT2D eigenvalue weighted by Crippen LogP contribution is 2.41. The molecule has 14 nitrogen and oxygen atoms in total. The van der Waals surface area contributed by atoms with Crippen LogP contribution in [0.1, 0.15) is 44.5 Å². The van der Waals surface area contributed by atoms with E-state index >= 15 is 4.39 Å². The molecule has 0 radical (unpaired) electrons. The van der Waals surface area contributed by atoms with Gasteiger partial charge in [0, 0.05) is 54.8 Å². The highest BCUT2D eigenvalue weighted by molar-refractivity contribution is 6.14. The van der Waals surface area contributed by atoms with Crippen LogP contribution < -0.4 is 16.4 Å². The SMILES string of the molecule is CC(C)(C)[C@H](c1cc(-c2cc(F)ccc2F)cn1Cc1ccccc1)N(CC[C@H](N)C(=O)NC(CNC(=O)CN1C(=O)C=CC1=O)C(=O)O)C(=O)CO. The van der Waals surface area contributed by atoms with E-state index in [9.17, 15) is 43.4 Å². The Kier molecular flexibility index (Phi) is 13.0. The van der Waals surface area contributed by atoms with Gasteiger partial charge in [-0.15, -0.1) is 0 Å². The third kappa shape index (κ3) is 10.2. The Balaban J connectivity index is 1.56. The van der Waals surface area contributed by atoms with Gasteiger partial charge in [-0.05, 0) is 41.7 Å². The van der Waals surface area contributed by atoms with Crippen molar-refractivity contribution < 1.29 is 47.8 Å². The molecule has 1 aliphatic rings. The average molecular weight is 737 g/mol. The molecule has 1 aliphatic heterocycles. The Bertz CT molecular complexity index is 1870. The van der Waals surface area contributed by atoms with Crippen molar-refractivity contribution in [1.82, 2.24) is 25.0 Å². The van der Waals surface area contributed by atoms with Crippen LogP contribution in [0.4, 0.5) is 8.78 Å². The van der Waals surface area contributed by atoms with Crippen molar-refractivity contribution in [3.05, 3.63) is 95.8 Å². The predicted molar refractivity (Wildman–Crippen MR) is 187 cm³/mol.